The summed E-state index contributed by atoms with van der Waals surface area (Å²) in [5.74, 6) is 0.957. The predicted molar refractivity (Wildman–Crippen MR) is 87.8 cm³/mol. The lowest BCUT2D eigenvalue weighted by Gasteiger charge is -2.09. The molecule has 0 amide bonds. The number of fused-ring (bicyclic) bond motifs is 1. The van der Waals surface area contributed by atoms with Crippen molar-refractivity contribution in [2.24, 2.45) is 0 Å². The van der Waals surface area contributed by atoms with Gasteiger partial charge in [-0.15, -0.1) is 0 Å². The number of hydrogen-bond donors (Lipinski definition) is 0. The zero-order valence-corrected chi connectivity index (χ0v) is 12.8. The van der Waals surface area contributed by atoms with Crippen LogP contribution in [0.4, 0.5) is 0 Å². The van der Waals surface area contributed by atoms with Crippen LogP contribution in [-0.2, 0) is 6.61 Å². The average Bonchev–Trinajstić information content (AvgIpc) is 2.86. The smallest absolute Gasteiger partial charge is 0.122 e. The van der Waals surface area contributed by atoms with Crippen LogP contribution < -0.4 is 4.74 Å². The molecule has 2 heteroatoms. The van der Waals surface area contributed by atoms with E-state index in [0.29, 0.717) is 12.6 Å². The maximum absolute atomic E-state index is 6.01. The van der Waals surface area contributed by atoms with Gasteiger partial charge in [0.25, 0.3) is 0 Å². The quantitative estimate of drug-likeness (QED) is 0.647. The minimum absolute atomic E-state index is 0.446. The summed E-state index contributed by atoms with van der Waals surface area (Å²) in [4.78, 5) is 0. The average molecular weight is 279 g/mol. The standard InChI is InChI=1S/C19H21NO/c1-14(2)20-12-16(17-9-5-6-10-18(17)20)13-21-19-11-7-4-8-15(19)3/h4-12,14H,13H2,1-3H3. The van der Waals surface area contributed by atoms with Crippen molar-refractivity contribution in [3.8, 4) is 5.75 Å². The van der Waals surface area contributed by atoms with E-state index < -0.39 is 0 Å². The molecule has 108 valence electrons. The molecule has 2 aromatic carbocycles. The van der Waals surface area contributed by atoms with Crippen LogP contribution in [0, 0.1) is 6.92 Å². The number of rotatable bonds is 4. The molecular weight excluding hydrogens is 258 g/mol. The molecule has 0 fully saturated rings. The molecule has 0 aliphatic carbocycles. The summed E-state index contributed by atoms with van der Waals surface area (Å²) in [5.41, 5.74) is 3.68. The lowest BCUT2D eigenvalue weighted by Crippen LogP contribution is -1.99. The normalized spacial score (nSPS) is 11.2. The molecule has 0 N–H and O–H groups in total. The molecule has 0 unspecified atom stereocenters. The Morgan fingerprint density at radius 1 is 1.00 bits per heavy atom. The molecule has 0 spiro atoms. The molecule has 3 rings (SSSR count). The molecule has 0 radical (unpaired) electrons. The fourth-order valence-corrected chi connectivity index (χ4v) is 2.69. The van der Waals surface area contributed by atoms with E-state index in [1.54, 1.807) is 0 Å². The van der Waals surface area contributed by atoms with Gasteiger partial charge in [-0.05, 0) is 38.5 Å². The van der Waals surface area contributed by atoms with Gasteiger partial charge in [-0.2, -0.15) is 0 Å². The largest absolute Gasteiger partial charge is 0.489 e. The second kappa shape index (κ2) is 5.65. The topological polar surface area (TPSA) is 14.2 Å². The van der Waals surface area contributed by atoms with Gasteiger partial charge in [0, 0.05) is 28.7 Å². The van der Waals surface area contributed by atoms with Crippen LogP contribution in [0.3, 0.4) is 0 Å². The molecule has 0 aliphatic rings. The number of aryl methyl sites for hydroxylation is 1. The van der Waals surface area contributed by atoms with E-state index in [-0.39, 0.29) is 0 Å². The van der Waals surface area contributed by atoms with Crippen molar-refractivity contribution in [1.82, 2.24) is 4.57 Å². The predicted octanol–water partition coefficient (Wildman–Crippen LogP) is 5.11. The third kappa shape index (κ3) is 2.66. The number of para-hydroxylation sites is 2. The Labute approximate surface area is 126 Å². The van der Waals surface area contributed by atoms with E-state index in [2.05, 4.69) is 61.9 Å². The third-order valence-corrected chi connectivity index (χ3v) is 3.86. The summed E-state index contributed by atoms with van der Waals surface area (Å²) in [6.07, 6.45) is 2.22. The zero-order chi connectivity index (χ0) is 14.8. The van der Waals surface area contributed by atoms with Gasteiger partial charge in [0.1, 0.15) is 12.4 Å². The van der Waals surface area contributed by atoms with Gasteiger partial charge in [0.05, 0.1) is 0 Å². The van der Waals surface area contributed by atoms with Crippen LogP contribution in [0.2, 0.25) is 0 Å². The molecule has 0 bridgehead atoms. The van der Waals surface area contributed by atoms with Crippen molar-refractivity contribution in [2.75, 3.05) is 0 Å². The highest BCUT2D eigenvalue weighted by atomic mass is 16.5. The SMILES string of the molecule is Cc1ccccc1OCc1cn(C(C)C)c2ccccc12. The van der Waals surface area contributed by atoms with Gasteiger partial charge in [0.2, 0.25) is 0 Å². The molecule has 0 atom stereocenters. The number of aromatic nitrogens is 1. The highest BCUT2D eigenvalue weighted by molar-refractivity contribution is 5.84. The minimum Gasteiger partial charge on any atom is -0.489 e. The van der Waals surface area contributed by atoms with Crippen LogP contribution in [0.15, 0.2) is 54.7 Å². The Morgan fingerprint density at radius 3 is 2.48 bits per heavy atom. The number of hydrogen-bond acceptors (Lipinski definition) is 1. The van der Waals surface area contributed by atoms with Gasteiger partial charge in [-0.1, -0.05) is 36.4 Å². The lowest BCUT2D eigenvalue weighted by molar-refractivity contribution is 0.305. The molecular formula is C19H21NO. The number of ether oxygens (including phenoxy) is 1. The summed E-state index contributed by atoms with van der Waals surface area (Å²) in [6.45, 7) is 7.09. The molecule has 1 aromatic heterocycles. The Bertz CT molecular complexity index is 755. The summed E-state index contributed by atoms with van der Waals surface area (Å²) < 4.78 is 8.32. The zero-order valence-electron chi connectivity index (χ0n) is 12.8. The summed E-state index contributed by atoms with van der Waals surface area (Å²) in [7, 11) is 0. The van der Waals surface area contributed by atoms with Gasteiger partial charge >= 0.3 is 0 Å². The van der Waals surface area contributed by atoms with Crippen molar-refractivity contribution in [1.29, 1.82) is 0 Å². The van der Waals surface area contributed by atoms with Crippen LogP contribution in [0.1, 0.15) is 31.0 Å². The van der Waals surface area contributed by atoms with Gasteiger partial charge in [-0.3, -0.25) is 0 Å². The van der Waals surface area contributed by atoms with Crippen molar-refractivity contribution >= 4 is 10.9 Å². The summed E-state index contributed by atoms with van der Waals surface area (Å²) in [5, 5.41) is 1.28. The lowest BCUT2D eigenvalue weighted by atomic mass is 10.2. The first kappa shape index (κ1) is 13.7. The van der Waals surface area contributed by atoms with Crippen molar-refractivity contribution in [3.63, 3.8) is 0 Å². The summed E-state index contributed by atoms with van der Waals surface area (Å²) in [6, 6.07) is 17.1. The van der Waals surface area contributed by atoms with Crippen LogP contribution in [0.5, 0.6) is 5.75 Å². The molecule has 1 heterocycles. The molecule has 0 saturated heterocycles. The Hall–Kier alpha value is -2.22. The first-order valence-corrected chi connectivity index (χ1v) is 7.43. The fraction of sp³-hybridized carbons (Fsp3) is 0.263. The van der Waals surface area contributed by atoms with Gasteiger partial charge < -0.3 is 9.30 Å². The fourth-order valence-electron chi connectivity index (χ4n) is 2.69. The minimum atomic E-state index is 0.446. The van der Waals surface area contributed by atoms with E-state index in [1.165, 1.54) is 22.0 Å². The van der Waals surface area contributed by atoms with Crippen molar-refractivity contribution in [3.05, 3.63) is 65.9 Å². The van der Waals surface area contributed by atoms with Crippen LogP contribution in [-0.4, -0.2) is 4.57 Å². The highest BCUT2D eigenvalue weighted by Crippen LogP contribution is 2.26. The second-order valence-electron chi connectivity index (χ2n) is 5.73. The third-order valence-electron chi connectivity index (χ3n) is 3.86. The van der Waals surface area contributed by atoms with Crippen LogP contribution in [0.25, 0.3) is 10.9 Å². The maximum atomic E-state index is 6.01. The second-order valence-corrected chi connectivity index (χ2v) is 5.73. The number of benzene rings is 2. The molecule has 2 nitrogen and oxygen atoms in total. The van der Waals surface area contributed by atoms with Crippen LogP contribution >= 0.6 is 0 Å². The highest BCUT2D eigenvalue weighted by Gasteiger charge is 2.10. The van der Waals surface area contributed by atoms with E-state index in [4.69, 9.17) is 4.74 Å². The molecule has 0 saturated carbocycles. The van der Waals surface area contributed by atoms with E-state index >= 15 is 0 Å². The number of nitrogens with zero attached hydrogens (tertiary/aromatic N) is 1. The monoisotopic (exact) mass is 279 g/mol. The van der Waals surface area contributed by atoms with E-state index in [1.807, 2.05) is 18.2 Å². The van der Waals surface area contributed by atoms with Crippen molar-refractivity contribution < 1.29 is 4.74 Å². The summed E-state index contributed by atoms with van der Waals surface area (Å²) >= 11 is 0. The molecule has 3 aromatic rings. The Kier molecular flexibility index (Phi) is 3.70. The molecule has 21 heavy (non-hydrogen) atoms. The van der Waals surface area contributed by atoms with Crippen molar-refractivity contribution in [2.45, 2.75) is 33.4 Å². The molecule has 0 aliphatic heterocycles. The Morgan fingerprint density at radius 2 is 1.71 bits per heavy atom. The first-order valence-electron chi connectivity index (χ1n) is 7.43. The first-order chi connectivity index (χ1) is 10.2. The van der Waals surface area contributed by atoms with E-state index in [0.717, 1.165) is 5.75 Å². The Balaban J connectivity index is 1.92. The maximum Gasteiger partial charge on any atom is 0.122 e. The van der Waals surface area contributed by atoms with Gasteiger partial charge in [0.15, 0.2) is 0 Å². The van der Waals surface area contributed by atoms with Gasteiger partial charge in [-0.25, -0.2) is 0 Å². The van der Waals surface area contributed by atoms with E-state index in [9.17, 15) is 0 Å².